The Morgan fingerprint density at radius 1 is 0.923 bits per heavy atom. The first-order chi connectivity index (χ1) is 12.8. The van der Waals surface area contributed by atoms with Crippen LogP contribution < -0.4 is 4.90 Å². The Hall–Kier alpha value is -1.51. The fourth-order valence-electron chi connectivity index (χ4n) is 5.25. The number of piperidine rings is 2. The second-order valence-electron chi connectivity index (χ2n) is 8.20. The van der Waals surface area contributed by atoms with Crippen molar-refractivity contribution in [2.45, 2.75) is 50.6 Å². The Labute approximate surface area is 161 Å². The van der Waals surface area contributed by atoms with Gasteiger partial charge in [0.25, 0.3) is 0 Å². The predicted octanol–water partition coefficient (Wildman–Crippen LogP) is 5.76. The molecule has 2 aromatic rings. The third-order valence-electron chi connectivity index (χ3n) is 6.58. The largest absolute Gasteiger partial charge is 0.372 e. The van der Waals surface area contributed by atoms with Gasteiger partial charge in [-0.3, -0.25) is 4.90 Å². The summed E-state index contributed by atoms with van der Waals surface area (Å²) in [5.41, 5.74) is 5.98. The van der Waals surface area contributed by atoms with Crippen molar-refractivity contribution in [2.75, 3.05) is 24.5 Å². The highest BCUT2D eigenvalue weighted by molar-refractivity contribution is 6.30. The molecule has 136 valence electrons. The summed E-state index contributed by atoms with van der Waals surface area (Å²) in [6.07, 6.45) is 6.64. The smallest absolute Gasteiger partial charge is 0.0409 e. The molecule has 0 unspecified atom stereocenters. The first kappa shape index (κ1) is 16.6. The Balaban J connectivity index is 1.42. The summed E-state index contributed by atoms with van der Waals surface area (Å²) in [7, 11) is 0. The summed E-state index contributed by atoms with van der Waals surface area (Å²) in [6, 6.07) is 16.3. The van der Waals surface area contributed by atoms with E-state index >= 15 is 0 Å². The van der Waals surface area contributed by atoms with E-state index in [2.05, 4.69) is 46.2 Å². The monoisotopic (exact) mass is 366 g/mol. The third-order valence-corrected chi connectivity index (χ3v) is 6.81. The van der Waals surface area contributed by atoms with Gasteiger partial charge in [-0.2, -0.15) is 0 Å². The van der Waals surface area contributed by atoms with Crippen molar-refractivity contribution in [3.8, 4) is 0 Å². The first-order valence-corrected chi connectivity index (χ1v) is 10.5. The van der Waals surface area contributed by atoms with Gasteiger partial charge in [-0.1, -0.05) is 29.8 Å². The van der Waals surface area contributed by atoms with Gasteiger partial charge in [-0.05, 0) is 85.5 Å². The van der Waals surface area contributed by atoms with Crippen LogP contribution in [0, 0.1) is 0 Å². The highest BCUT2D eigenvalue weighted by Gasteiger charge is 2.38. The van der Waals surface area contributed by atoms with Crippen LogP contribution in [-0.2, 0) is 6.54 Å². The number of rotatable bonds is 3. The molecule has 2 atom stereocenters. The van der Waals surface area contributed by atoms with Crippen molar-refractivity contribution in [1.29, 1.82) is 0 Å². The summed E-state index contributed by atoms with van der Waals surface area (Å²) in [5.74, 6) is 0.765. The lowest BCUT2D eigenvalue weighted by molar-refractivity contribution is 0.145. The van der Waals surface area contributed by atoms with Gasteiger partial charge in [0.15, 0.2) is 0 Å². The van der Waals surface area contributed by atoms with Crippen LogP contribution in [0.2, 0.25) is 5.02 Å². The summed E-state index contributed by atoms with van der Waals surface area (Å²) >= 11 is 6.20. The molecule has 2 fully saturated rings. The van der Waals surface area contributed by atoms with Gasteiger partial charge in [0, 0.05) is 36.4 Å². The van der Waals surface area contributed by atoms with Gasteiger partial charge in [-0.25, -0.2) is 0 Å². The average molecular weight is 367 g/mol. The van der Waals surface area contributed by atoms with E-state index in [0.717, 1.165) is 17.5 Å². The van der Waals surface area contributed by atoms with E-state index in [1.807, 2.05) is 6.07 Å². The minimum atomic E-state index is 0.576. The molecule has 1 aliphatic carbocycles. The molecule has 2 aliphatic heterocycles. The molecule has 3 heteroatoms. The number of hydrogen-bond donors (Lipinski definition) is 0. The van der Waals surface area contributed by atoms with Crippen molar-refractivity contribution < 1.29 is 0 Å². The molecule has 26 heavy (non-hydrogen) atoms. The van der Waals surface area contributed by atoms with E-state index in [4.69, 9.17) is 11.6 Å². The number of halogens is 1. The van der Waals surface area contributed by atoms with Crippen molar-refractivity contribution >= 4 is 17.3 Å². The van der Waals surface area contributed by atoms with Crippen LogP contribution in [0.5, 0.6) is 0 Å². The number of likely N-dealkylation sites (tertiary alicyclic amines) is 1. The number of benzene rings is 2. The molecule has 5 rings (SSSR count). The van der Waals surface area contributed by atoms with E-state index in [1.165, 1.54) is 63.0 Å². The Kier molecular flexibility index (Phi) is 4.42. The molecule has 0 N–H and O–H groups in total. The lowest BCUT2D eigenvalue weighted by Crippen LogP contribution is -2.32. The summed E-state index contributed by atoms with van der Waals surface area (Å²) in [6.45, 7) is 4.64. The molecule has 2 nitrogen and oxygen atoms in total. The molecular weight excluding hydrogens is 340 g/mol. The maximum Gasteiger partial charge on any atom is 0.0409 e. The molecule has 0 spiro atoms. The predicted molar refractivity (Wildman–Crippen MR) is 109 cm³/mol. The van der Waals surface area contributed by atoms with Crippen LogP contribution in [-0.4, -0.2) is 24.5 Å². The van der Waals surface area contributed by atoms with E-state index in [0.29, 0.717) is 6.04 Å². The number of hydrogen-bond acceptors (Lipinski definition) is 2. The summed E-state index contributed by atoms with van der Waals surface area (Å²) in [4.78, 5) is 5.27. The van der Waals surface area contributed by atoms with E-state index in [-0.39, 0.29) is 0 Å². The average Bonchev–Trinajstić information content (AvgIpc) is 2.97. The van der Waals surface area contributed by atoms with E-state index in [9.17, 15) is 0 Å². The highest BCUT2D eigenvalue weighted by Crippen LogP contribution is 2.50. The second-order valence-corrected chi connectivity index (χ2v) is 8.63. The van der Waals surface area contributed by atoms with Crippen LogP contribution in [0.1, 0.15) is 60.8 Å². The third kappa shape index (κ3) is 3.04. The highest BCUT2D eigenvalue weighted by atomic mass is 35.5. The standard InChI is InChI=1S/C23H27ClN2/c24-19-6-4-5-17(13-19)16-26-12-9-18-14-23(26)22-15-20(7-8-21(18)22)25-10-2-1-3-11-25/h4-8,13,15,18,23H,1-3,9-12,14,16H2/t18-,23+/m0/s1. The van der Waals surface area contributed by atoms with Crippen molar-refractivity contribution in [2.24, 2.45) is 0 Å². The van der Waals surface area contributed by atoms with Gasteiger partial charge in [-0.15, -0.1) is 0 Å². The Morgan fingerprint density at radius 2 is 1.81 bits per heavy atom. The van der Waals surface area contributed by atoms with Gasteiger partial charge < -0.3 is 4.90 Å². The first-order valence-electron chi connectivity index (χ1n) is 10.2. The topological polar surface area (TPSA) is 6.48 Å². The minimum absolute atomic E-state index is 0.576. The van der Waals surface area contributed by atoms with Crippen molar-refractivity contribution in [1.82, 2.24) is 4.90 Å². The molecule has 2 saturated heterocycles. The van der Waals surface area contributed by atoms with Crippen LogP contribution in [0.4, 0.5) is 5.69 Å². The molecule has 0 aromatic heterocycles. The Bertz CT molecular complexity index is 797. The van der Waals surface area contributed by atoms with Gasteiger partial charge >= 0.3 is 0 Å². The quantitative estimate of drug-likeness (QED) is 0.680. The normalized spacial score (nSPS) is 25.3. The maximum absolute atomic E-state index is 6.20. The lowest BCUT2D eigenvalue weighted by Gasteiger charge is -2.34. The number of fused-ring (bicyclic) bond motifs is 5. The molecule has 0 radical (unpaired) electrons. The van der Waals surface area contributed by atoms with Crippen LogP contribution in [0.3, 0.4) is 0 Å². The van der Waals surface area contributed by atoms with E-state index < -0.39 is 0 Å². The molecule has 0 saturated carbocycles. The fourth-order valence-corrected chi connectivity index (χ4v) is 5.46. The molecule has 2 heterocycles. The molecular formula is C23H27ClN2. The maximum atomic E-state index is 6.20. The van der Waals surface area contributed by atoms with Gasteiger partial charge in [0.1, 0.15) is 0 Å². The minimum Gasteiger partial charge on any atom is -0.372 e. The summed E-state index contributed by atoms with van der Waals surface area (Å²) in [5, 5.41) is 0.844. The molecule has 3 aliphatic rings. The van der Waals surface area contributed by atoms with Crippen LogP contribution in [0.15, 0.2) is 42.5 Å². The second kappa shape index (κ2) is 6.90. The zero-order chi connectivity index (χ0) is 17.5. The van der Waals surface area contributed by atoms with Gasteiger partial charge in [0.05, 0.1) is 0 Å². The molecule has 2 aromatic carbocycles. The summed E-state index contributed by atoms with van der Waals surface area (Å²) < 4.78 is 0. The number of anilines is 1. The van der Waals surface area contributed by atoms with Crippen LogP contribution >= 0.6 is 11.6 Å². The van der Waals surface area contributed by atoms with Crippen molar-refractivity contribution in [3.63, 3.8) is 0 Å². The van der Waals surface area contributed by atoms with Crippen LogP contribution in [0.25, 0.3) is 0 Å². The van der Waals surface area contributed by atoms with Crippen molar-refractivity contribution in [3.05, 3.63) is 64.2 Å². The zero-order valence-corrected chi connectivity index (χ0v) is 16.1. The lowest BCUT2D eigenvalue weighted by atomic mass is 9.95. The molecule has 2 bridgehead atoms. The zero-order valence-electron chi connectivity index (χ0n) is 15.3. The molecule has 0 amide bonds. The van der Waals surface area contributed by atoms with E-state index in [1.54, 1.807) is 11.1 Å². The number of nitrogens with zero attached hydrogens (tertiary/aromatic N) is 2. The Morgan fingerprint density at radius 3 is 2.65 bits per heavy atom. The fraction of sp³-hybridized carbons (Fsp3) is 0.478. The van der Waals surface area contributed by atoms with Gasteiger partial charge in [0.2, 0.25) is 0 Å². The SMILES string of the molecule is Clc1cccc(CN2CC[C@H]3C[C@@H]2c2cc(N4CCCCC4)ccc23)c1.